The second kappa shape index (κ2) is 17.0. The molecule has 0 aliphatic carbocycles. The van der Waals surface area contributed by atoms with Gasteiger partial charge in [-0.05, 0) is 51.4 Å². The molecule has 0 radical (unpaired) electrons. The van der Waals surface area contributed by atoms with Gasteiger partial charge in [0.1, 0.15) is 28.6 Å². The van der Waals surface area contributed by atoms with E-state index in [9.17, 15) is 24.3 Å². The smallest absolute Gasteiger partial charge is 0.409 e. The maximum atomic E-state index is 12.9. The molecule has 3 aliphatic heterocycles. The summed E-state index contributed by atoms with van der Waals surface area (Å²) in [5.74, 6) is -0.713. The molecule has 3 unspecified atom stereocenters. The number of aliphatic hydroxyl groups is 1. The number of epoxide rings is 1. The van der Waals surface area contributed by atoms with Crippen molar-refractivity contribution in [2.75, 3.05) is 39.7 Å². The van der Waals surface area contributed by atoms with Crippen molar-refractivity contribution in [2.45, 2.75) is 88.9 Å². The number of likely N-dealkylation sites (N-methyl/N-ethyl adjacent to an activating group) is 1. The highest BCUT2D eigenvalue weighted by atomic mass is 35.5. The number of hydrogen-bond acceptors (Lipinski definition) is 9. The average Bonchev–Trinajstić information content (AvgIpc) is 3.76. The summed E-state index contributed by atoms with van der Waals surface area (Å²) in [5.41, 5.74) is 1.25. The van der Waals surface area contributed by atoms with Gasteiger partial charge in [0, 0.05) is 52.7 Å². The zero-order valence-corrected chi connectivity index (χ0v) is 28.6. The van der Waals surface area contributed by atoms with Crippen molar-refractivity contribution in [3.63, 3.8) is 0 Å². The minimum Gasteiger partial charge on any atom is -0.495 e. The van der Waals surface area contributed by atoms with Crippen molar-refractivity contribution in [1.82, 2.24) is 15.5 Å². The van der Waals surface area contributed by atoms with Crippen LogP contribution in [0.2, 0.25) is 5.02 Å². The van der Waals surface area contributed by atoms with E-state index in [1.165, 1.54) is 18.9 Å². The van der Waals surface area contributed by atoms with Crippen molar-refractivity contribution in [3.05, 3.63) is 46.5 Å². The van der Waals surface area contributed by atoms with Crippen molar-refractivity contribution in [3.8, 4) is 5.75 Å². The molecule has 14 heteroatoms. The summed E-state index contributed by atoms with van der Waals surface area (Å²) in [6.07, 6.45) is 7.18. The molecule has 0 aromatic heterocycles. The van der Waals surface area contributed by atoms with Crippen LogP contribution in [0.3, 0.4) is 0 Å². The van der Waals surface area contributed by atoms with Gasteiger partial charge in [0.15, 0.2) is 0 Å². The number of allylic oxidation sites excluding steroid dienone is 3. The summed E-state index contributed by atoms with van der Waals surface area (Å²) >= 11 is 6.54. The molecule has 5 atom stereocenters. The Bertz CT molecular complexity index is 1370. The second-order valence-electron chi connectivity index (χ2n) is 12.2. The summed E-state index contributed by atoms with van der Waals surface area (Å²) < 4.78 is 16.5. The molecule has 3 aliphatic rings. The Balaban J connectivity index is 0.000000392. The number of fused-ring (bicyclic) bond motifs is 5. The normalized spacial score (nSPS) is 26.9. The summed E-state index contributed by atoms with van der Waals surface area (Å²) in [6, 6.07) is 3.02. The molecule has 3 amide bonds. The van der Waals surface area contributed by atoms with Gasteiger partial charge in [-0.15, -0.1) is 0 Å². The van der Waals surface area contributed by atoms with Gasteiger partial charge in [-0.3, -0.25) is 14.9 Å². The van der Waals surface area contributed by atoms with E-state index in [0.29, 0.717) is 55.1 Å². The Labute approximate surface area is 280 Å². The third kappa shape index (κ3) is 11.0. The van der Waals surface area contributed by atoms with Crippen LogP contribution >= 0.6 is 11.6 Å². The number of ether oxygens (including phenoxy) is 3. The number of carbonyl (C=O) groups is 4. The molecule has 3 heterocycles. The number of hydrogen-bond donors (Lipinski definition) is 4. The van der Waals surface area contributed by atoms with Crippen LogP contribution in [0.15, 0.2) is 35.9 Å². The standard InChI is InChI=1S/C25H31ClN2O6.C8H16N2O3/c1-15-6-4-5-9-25(31)14-17(33-24(30)27-25)13-20-19(34-20)7-8-22(29)28(2)18-11-16(10-15)12-21(32-3)23(18)26;1-6(8(12)13)10(3)7(11)4-5-9-2/h4-6,11-12,17,19-20,31H,7-10,13-14H2,1-3H3,(H,27,30);6,9H,4-5H2,1-3H3,(H,12,13)/b5-4+,15-6+;/t17?,19?,20?,25-;6-/m10/s1. The van der Waals surface area contributed by atoms with E-state index in [-0.39, 0.29) is 36.9 Å². The Morgan fingerprint density at radius 3 is 2.68 bits per heavy atom. The topological polar surface area (TPSA) is 170 Å². The predicted molar refractivity (Wildman–Crippen MR) is 177 cm³/mol. The minimum atomic E-state index is -1.37. The number of anilines is 1. The van der Waals surface area contributed by atoms with Crippen molar-refractivity contribution >= 4 is 41.2 Å². The quantitative estimate of drug-likeness (QED) is 0.327. The first kappa shape index (κ1) is 37.8. The SMILES string of the molecule is CNCCC(=O)N(C)[C@@H](C)C(=O)O.COc1cc2cc(c1Cl)N(C)C(=O)CCC1OC1CC1C[C@](O)(C/C=C/C=C(\C)C2)NC(=O)O1. The number of rotatable bonds is 6. The van der Waals surface area contributed by atoms with E-state index in [4.69, 9.17) is 30.9 Å². The number of carbonyl (C=O) groups excluding carboxylic acids is 3. The number of nitrogens with zero attached hydrogens (tertiary/aromatic N) is 2. The zero-order valence-electron chi connectivity index (χ0n) is 27.9. The summed E-state index contributed by atoms with van der Waals surface area (Å²) in [5, 5.41) is 25.3. The van der Waals surface area contributed by atoms with Gasteiger partial charge < -0.3 is 39.5 Å². The summed E-state index contributed by atoms with van der Waals surface area (Å²) in [4.78, 5) is 49.5. The first-order chi connectivity index (χ1) is 22.2. The third-order valence-corrected chi connectivity index (χ3v) is 8.79. The van der Waals surface area contributed by atoms with Crippen LogP contribution in [0.5, 0.6) is 5.75 Å². The van der Waals surface area contributed by atoms with E-state index in [0.717, 1.165) is 11.1 Å². The number of carboxylic acid groups (broad SMARTS) is 1. The molecule has 13 nitrogen and oxygen atoms in total. The van der Waals surface area contributed by atoms with Gasteiger partial charge >= 0.3 is 12.1 Å². The Kier molecular flexibility index (Phi) is 13.6. The van der Waals surface area contributed by atoms with Gasteiger partial charge in [0.05, 0.1) is 25.0 Å². The monoisotopic (exact) mass is 678 g/mol. The molecule has 4 bridgehead atoms. The first-order valence-corrected chi connectivity index (χ1v) is 16.0. The van der Waals surface area contributed by atoms with Crippen LogP contribution in [0.1, 0.15) is 57.9 Å². The highest BCUT2D eigenvalue weighted by Crippen LogP contribution is 2.38. The van der Waals surface area contributed by atoms with E-state index in [1.807, 2.05) is 37.3 Å². The third-order valence-electron chi connectivity index (χ3n) is 8.41. The van der Waals surface area contributed by atoms with Gasteiger partial charge in [0.2, 0.25) is 11.8 Å². The van der Waals surface area contributed by atoms with Crippen LogP contribution in [0.4, 0.5) is 10.5 Å². The first-order valence-electron chi connectivity index (χ1n) is 15.6. The molecule has 1 aromatic carbocycles. The number of aliphatic carboxylic acids is 1. The van der Waals surface area contributed by atoms with E-state index in [1.54, 1.807) is 26.1 Å². The molecule has 0 spiro atoms. The lowest BCUT2D eigenvalue weighted by Gasteiger charge is -2.36. The molecule has 2 fully saturated rings. The van der Waals surface area contributed by atoms with Gasteiger partial charge in [0.25, 0.3) is 0 Å². The van der Waals surface area contributed by atoms with Gasteiger partial charge in [-0.2, -0.15) is 0 Å². The van der Waals surface area contributed by atoms with E-state index >= 15 is 0 Å². The molecular weight excluding hydrogens is 632 g/mol. The van der Waals surface area contributed by atoms with Crippen molar-refractivity contribution < 1.29 is 43.6 Å². The second-order valence-corrected chi connectivity index (χ2v) is 12.5. The minimum absolute atomic E-state index is 0.0777. The number of methoxy groups -OCH3 is 1. The maximum absolute atomic E-state index is 12.9. The number of benzene rings is 1. The Morgan fingerprint density at radius 2 is 2.02 bits per heavy atom. The van der Waals surface area contributed by atoms with Crippen LogP contribution in [-0.4, -0.2) is 104 Å². The molecule has 4 rings (SSSR count). The van der Waals surface area contributed by atoms with Crippen LogP contribution < -0.4 is 20.3 Å². The average molecular weight is 679 g/mol. The lowest BCUT2D eigenvalue weighted by atomic mass is 9.96. The highest BCUT2D eigenvalue weighted by Gasteiger charge is 2.45. The molecule has 260 valence electrons. The zero-order chi connectivity index (χ0) is 34.9. The van der Waals surface area contributed by atoms with E-state index < -0.39 is 29.9 Å². The number of carboxylic acids is 1. The lowest BCUT2D eigenvalue weighted by molar-refractivity contribution is -0.148. The van der Waals surface area contributed by atoms with Gasteiger partial charge in [-0.25, -0.2) is 9.59 Å². The number of amides is 3. The largest absolute Gasteiger partial charge is 0.495 e. The van der Waals surface area contributed by atoms with Crippen LogP contribution in [0.25, 0.3) is 0 Å². The Morgan fingerprint density at radius 1 is 1.30 bits per heavy atom. The maximum Gasteiger partial charge on any atom is 0.409 e. The number of nitrogens with one attached hydrogen (secondary N) is 2. The fraction of sp³-hybridized carbons (Fsp3) is 0.576. The number of halogens is 1. The van der Waals surface area contributed by atoms with E-state index in [2.05, 4.69) is 10.6 Å². The molecule has 4 N–H and O–H groups in total. The van der Waals surface area contributed by atoms with Crippen LogP contribution in [0, 0.1) is 0 Å². The molecular formula is C33H47ClN4O9. The molecule has 1 aromatic rings. The predicted octanol–water partition coefficient (Wildman–Crippen LogP) is 3.41. The molecule has 2 saturated heterocycles. The fourth-order valence-electron chi connectivity index (χ4n) is 5.37. The lowest BCUT2D eigenvalue weighted by Crippen LogP contribution is -2.56. The summed E-state index contributed by atoms with van der Waals surface area (Å²) in [6.45, 7) is 4.05. The van der Waals surface area contributed by atoms with Crippen LogP contribution in [-0.2, 0) is 30.3 Å². The molecule has 47 heavy (non-hydrogen) atoms. The number of alkyl carbamates (subject to hydrolysis) is 1. The van der Waals surface area contributed by atoms with Gasteiger partial charge in [-0.1, -0.05) is 35.4 Å². The highest BCUT2D eigenvalue weighted by molar-refractivity contribution is 6.35. The Hall–Kier alpha value is -3.65. The molecule has 0 saturated carbocycles. The fourth-order valence-corrected chi connectivity index (χ4v) is 5.69. The van der Waals surface area contributed by atoms with Crippen molar-refractivity contribution in [1.29, 1.82) is 0 Å². The summed E-state index contributed by atoms with van der Waals surface area (Å²) in [7, 11) is 6.50. The van der Waals surface area contributed by atoms with Crippen molar-refractivity contribution in [2.24, 2.45) is 0 Å².